The number of nitrogens with zero attached hydrogens (tertiary/aromatic N) is 2. The second-order valence-corrected chi connectivity index (χ2v) is 6.11. The van der Waals surface area contributed by atoms with E-state index in [-0.39, 0.29) is 0 Å². The molecule has 0 amide bonds. The van der Waals surface area contributed by atoms with Gasteiger partial charge in [-0.3, -0.25) is 0 Å². The van der Waals surface area contributed by atoms with Crippen molar-refractivity contribution in [2.24, 2.45) is 0 Å². The van der Waals surface area contributed by atoms with Crippen LogP contribution in [0.25, 0.3) is 22.4 Å². The molecule has 3 aromatic rings. The van der Waals surface area contributed by atoms with Gasteiger partial charge in [-0.05, 0) is 30.9 Å². The van der Waals surface area contributed by atoms with E-state index in [2.05, 4.69) is 71.9 Å². The minimum atomic E-state index is 0.729. The van der Waals surface area contributed by atoms with Crippen LogP contribution in [0.15, 0.2) is 59.6 Å². The lowest BCUT2D eigenvalue weighted by atomic mass is 9.98. The van der Waals surface area contributed by atoms with Crippen LogP contribution in [0.3, 0.4) is 0 Å². The predicted octanol–water partition coefficient (Wildman–Crippen LogP) is 4.85. The van der Waals surface area contributed by atoms with Crippen LogP contribution >= 0.6 is 11.8 Å². The molecule has 0 saturated heterocycles. The average Bonchev–Trinajstić information content (AvgIpc) is 2.62. The molecule has 2 aromatic carbocycles. The highest BCUT2D eigenvalue weighted by atomic mass is 32.2. The van der Waals surface area contributed by atoms with E-state index in [0.29, 0.717) is 0 Å². The number of benzene rings is 2. The van der Waals surface area contributed by atoms with Gasteiger partial charge in [0.05, 0.1) is 18.9 Å². The van der Waals surface area contributed by atoms with Crippen molar-refractivity contribution in [3.8, 4) is 28.1 Å². The van der Waals surface area contributed by atoms with Crippen LogP contribution in [0.1, 0.15) is 5.56 Å². The molecule has 3 nitrogen and oxygen atoms in total. The Bertz CT molecular complexity index is 799. The fourth-order valence-corrected chi connectivity index (χ4v) is 2.88. The highest BCUT2D eigenvalue weighted by Crippen LogP contribution is 2.37. The van der Waals surface area contributed by atoms with Crippen LogP contribution in [0, 0.1) is 6.92 Å². The standard InChI is InChI=1S/C19H18N2OS/c1-13-4-6-14(7-5-13)18-17(22-2)12-20-21-19(18)15-8-10-16(23-3)11-9-15/h4-12H,1-3H3. The third-order valence-electron chi connectivity index (χ3n) is 3.74. The van der Waals surface area contributed by atoms with Gasteiger partial charge < -0.3 is 4.74 Å². The number of hydrogen-bond donors (Lipinski definition) is 0. The van der Waals surface area contributed by atoms with Crippen molar-refractivity contribution in [3.05, 3.63) is 60.3 Å². The zero-order valence-electron chi connectivity index (χ0n) is 13.4. The second-order valence-electron chi connectivity index (χ2n) is 5.23. The van der Waals surface area contributed by atoms with E-state index in [1.54, 1.807) is 25.1 Å². The number of ether oxygens (including phenoxy) is 1. The summed E-state index contributed by atoms with van der Waals surface area (Å²) in [7, 11) is 1.66. The molecular weight excluding hydrogens is 304 g/mol. The lowest BCUT2D eigenvalue weighted by molar-refractivity contribution is 0.413. The van der Waals surface area contributed by atoms with Gasteiger partial charge in [0.2, 0.25) is 0 Å². The zero-order chi connectivity index (χ0) is 16.2. The van der Waals surface area contributed by atoms with Crippen LogP contribution in [0.5, 0.6) is 5.75 Å². The summed E-state index contributed by atoms with van der Waals surface area (Å²) in [5.41, 5.74) is 5.14. The highest BCUT2D eigenvalue weighted by molar-refractivity contribution is 7.98. The summed E-state index contributed by atoms with van der Waals surface area (Å²) in [6, 6.07) is 16.7. The van der Waals surface area contributed by atoms with E-state index in [1.807, 2.05) is 0 Å². The average molecular weight is 322 g/mol. The van der Waals surface area contributed by atoms with E-state index in [4.69, 9.17) is 4.74 Å². The third-order valence-corrected chi connectivity index (χ3v) is 4.48. The Morgan fingerprint density at radius 2 is 1.57 bits per heavy atom. The summed E-state index contributed by atoms with van der Waals surface area (Å²) in [4.78, 5) is 1.22. The Labute approximate surface area is 140 Å². The van der Waals surface area contributed by atoms with Gasteiger partial charge in [-0.15, -0.1) is 16.9 Å². The van der Waals surface area contributed by atoms with Crippen molar-refractivity contribution < 1.29 is 4.74 Å². The van der Waals surface area contributed by atoms with Crippen LogP contribution in [-0.2, 0) is 0 Å². The first-order valence-corrected chi connectivity index (χ1v) is 8.56. The fourth-order valence-electron chi connectivity index (χ4n) is 2.48. The van der Waals surface area contributed by atoms with Crippen LogP contribution in [-0.4, -0.2) is 23.6 Å². The molecule has 0 aliphatic heterocycles. The summed E-state index contributed by atoms with van der Waals surface area (Å²) >= 11 is 1.72. The molecule has 0 radical (unpaired) electrons. The maximum Gasteiger partial charge on any atom is 0.149 e. The van der Waals surface area contributed by atoms with Gasteiger partial charge in [0, 0.05) is 10.5 Å². The number of rotatable bonds is 4. The Morgan fingerprint density at radius 1 is 0.913 bits per heavy atom. The van der Waals surface area contributed by atoms with Crippen molar-refractivity contribution >= 4 is 11.8 Å². The van der Waals surface area contributed by atoms with Crippen molar-refractivity contribution in [2.45, 2.75) is 11.8 Å². The number of methoxy groups -OCH3 is 1. The lowest BCUT2D eigenvalue weighted by Crippen LogP contribution is -1.97. The SMILES string of the molecule is COc1cnnc(-c2ccc(SC)cc2)c1-c1ccc(C)cc1. The maximum atomic E-state index is 5.53. The van der Waals surface area contributed by atoms with Crippen LogP contribution in [0.4, 0.5) is 0 Å². The van der Waals surface area contributed by atoms with Crippen molar-refractivity contribution in [2.75, 3.05) is 13.4 Å². The summed E-state index contributed by atoms with van der Waals surface area (Å²) in [5, 5.41) is 8.47. The molecule has 4 heteroatoms. The van der Waals surface area contributed by atoms with Crippen LogP contribution in [0.2, 0.25) is 0 Å². The Kier molecular flexibility index (Phi) is 4.63. The number of thioether (sulfide) groups is 1. The molecule has 1 heterocycles. The molecule has 0 N–H and O–H groups in total. The van der Waals surface area contributed by atoms with Gasteiger partial charge >= 0.3 is 0 Å². The summed E-state index contributed by atoms with van der Waals surface area (Å²) in [6.07, 6.45) is 3.73. The normalized spacial score (nSPS) is 10.6. The smallest absolute Gasteiger partial charge is 0.149 e. The molecule has 0 aliphatic carbocycles. The number of aromatic nitrogens is 2. The van der Waals surface area contributed by atoms with Crippen molar-refractivity contribution in [1.82, 2.24) is 10.2 Å². The molecule has 0 aliphatic rings. The summed E-state index contributed by atoms with van der Waals surface area (Å²) < 4.78 is 5.53. The second kappa shape index (κ2) is 6.84. The van der Waals surface area contributed by atoms with E-state index < -0.39 is 0 Å². The monoisotopic (exact) mass is 322 g/mol. The predicted molar refractivity (Wildman–Crippen MR) is 96.0 cm³/mol. The third kappa shape index (κ3) is 3.22. The van der Waals surface area contributed by atoms with Crippen molar-refractivity contribution in [1.29, 1.82) is 0 Å². The first kappa shape index (κ1) is 15.6. The zero-order valence-corrected chi connectivity index (χ0v) is 14.2. The molecule has 0 spiro atoms. The van der Waals surface area contributed by atoms with Gasteiger partial charge in [-0.2, -0.15) is 5.10 Å². The van der Waals surface area contributed by atoms with Gasteiger partial charge in [0.25, 0.3) is 0 Å². The minimum absolute atomic E-state index is 0.729. The molecule has 0 fully saturated rings. The molecule has 0 atom stereocenters. The topological polar surface area (TPSA) is 35.0 Å². The van der Waals surface area contributed by atoms with Crippen molar-refractivity contribution in [3.63, 3.8) is 0 Å². The van der Waals surface area contributed by atoms with Crippen LogP contribution < -0.4 is 4.74 Å². The first-order valence-electron chi connectivity index (χ1n) is 7.34. The minimum Gasteiger partial charge on any atom is -0.494 e. The number of hydrogen-bond acceptors (Lipinski definition) is 4. The molecule has 0 unspecified atom stereocenters. The molecule has 3 rings (SSSR count). The largest absolute Gasteiger partial charge is 0.494 e. The highest BCUT2D eigenvalue weighted by Gasteiger charge is 2.15. The first-order chi connectivity index (χ1) is 11.2. The Balaban J connectivity index is 2.18. The lowest BCUT2D eigenvalue weighted by Gasteiger charge is -2.13. The van der Waals surface area contributed by atoms with E-state index in [9.17, 15) is 0 Å². The van der Waals surface area contributed by atoms with Gasteiger partial charge in [-0.25, -0.2) is 0 Å². The van der Waals surface area contributed by atoms with Gasteiger partial charge in [0.1, 0.15) is 11.4 Å². The molecule has 116 valence electrons. The molecule has 0 saturated carbocycles. The Morgan fingerprint density at radius 3 is 2.17 bits per heavy atom. The Hall–Kier alpha value is -2.33. The van der Waals surface area contributed by atoms with Gasteiger partial charge in [-0.1, -0.05) is 42.0 Å². The number of aryl methyl sites for hydroxylation is 1. The maximum absolute atomic E-state index is 5.53. The molecule has 23 heavy (non-hydrogen) atoms. The quantitative estimate of drug-likeness (QED) is 0.643. The van der Waals surface area contributed by atoms with E-state index in [1.165, 1.54) is 10.5 Å². The molecule has 1 aromatic heterocycles. The summed E-state index contributed by atoms with van der Waals surface area (Å²) in [6.45, 7) is 2.08. The van der Waals surface area contributed by atoms with E-state index in [0.717, 1.165) is 28.1 Å². The van der Waals surface area contributed by atoms with E-state index >= 15 is 0 Å². The van der Waals surface area contributed by atoms with Gasteiger partial charge in [0.15, 0.2) is 0 Å². The summed E-state index contributed by atoms with van der Waals surface area (Å²) in [5.74, 6) is 0.729. The molecule has 0 bridgehead atoms. The fraction of sp³-hybridized carbons (Fsp3) is 0.158. The molecular formula is C19H18N2OS.